The van der Waals surface area contributed by atoms with E-state index in [1.165, 1.54) is 10.9 Å². The van der Waals surface area contributed by atoms with Gasteiger partial charge in [0.2, 0.25) is 0 Å². The van der Waals surface area contributed by atoms with Crippen LogP contribution >= 0.6 is 27.3 Å². The van der Waals surface area contributed by atoms with Gasteiger partial charge in [-0.3, -0.25) is 0 Å². The van der Waals surface area contributed by atoms with Crippen molar-refractivity contribution in [2.45, 2.75) is 6.42 Å². The lowest BCUT2D eigenvalue weighted by atomic mass is 10.2. The Morgan fingerprint density at radius 1 is 1.35 bits per heavy atom. The van der Waals surface area contributed by atoms with Gasteiger partial charge in [0.25, 0.3) is 0 Å². The van der Waals surface area contributed by atoms with Crippen molar-refractivity contribution >= 4 is 38.6 Å². The molecule has 1 aromatic heterocycles. The zero-order valence-electron chi connectivity index (χ0n) is 9.04. The average molecular weight is 315 g/mol. The summed E-state index contributed by atoms with van der Waals surface area (Å²) in [6.07, 6.45) is 0.919. The molecule has 2 aromatic rings. The molecule has 5 heteroatoms. The summed E-state index contributed by atoms with van der Waals surface area (Å²) in [7, 11) is 0. The Bertz CT molecular complexity index is 513. The molecule has 0 bridgehead atoms. The van der Waals surface area contributed by atoms with Gasteiger partial charge in [-0.2, -0.15) is 0 Å². The molecule has 1 heterocycles. The van der Waals surface area contributed by atoms with Gasteiger partial charge in [0.05, 0.1) is 5.69 Å². The number of benzene rings is 1. The Kier molecular flexibility index (Phi) is 4.02. The van der Waals surface area contributed by atoms with Crippen LogP contribution in [0.4, 0.5) is 15.8 Å². The third kappa shape index (κ3) is 3.44. The molecule has 0 saturated carbocycles. The highest BCUT2D eigenvalue weighted by molar-refractivity contribution is 9.10. The number of hydrogen-bond acceptors (Lipinski definition) is 3. The van der Waals surface area contributed by atoms with Crippen molar-refractivity contribution in [1.82, 2.24) is 0 Å². The Balaban J connectivity index is 1.87. The second-order valence-electron chi connectivity index (χ2n) is 3.64. The summed E-state index contributed by atoms with van der Waals surface area (Å²) in [6, 6.07) is 6.86. The van der Waals surface area contributed by atoms with Crippen molar-refractivity contribution in [3.8, 4) is 0 Å². The highest BCUT2D eigenvalue weighted by atomic mass is 79.9. The largest absolute Gasteiger partial charge is 0.396 e. The van der Waals surface area contributed by atoms with E-state index in [1.54, 1.807) is 23.5 Å². The number of nitrogens with two attached hydrogens (primary N) is 1. The smallest absolute Gasteiger partial charge is 0.148 e. The molecule has 1 aromatic carbocycles. The van der Waals surface area contributed by atoms with E-state index < -0.39 is 0 Å². The molecular formula is C12H12BrFN2S. The fraction of sp³-hybridized carbons (Fsp3) is 0.167. The molecule has 0 fully saturated rings. The number of thiophene rings is 1. The summed E-state index contributed by atoms with van der Waals surface area (Å²) in [5.41, 5.74) is 6.34. The summed E-state index contributed by atoms with van der Waals surface area (Å²) >= 11 is 5.12. The van der Waals surface area contributed by atoms with E-state index in [4.69, 9.17) is 5.73 Å². The minimum atomic E-state index is -0.381. The van der Waals surface area contributed by atoms with Gasteiger partial charge in [0.1, 0.15) is 5.82 Å². The number of halogens is 2. The van der Waals surface area contributed by atoms with E-state index in [-0.39, 0.29) is 11.5 Å². The van der Waals surface area contributed by atoms with Gasteiger partial charge in [-0.25, -0.2) is 4.39 Å². The third-order valence-corrected chi connectivity index (χ3v) is 4.08. The third-order valence-electron chi connectivity index (χ3n) is 2.32. The first-order valence-electron chi connectivity index (χ1n) is 5.17. The normalized spacial score (nSPS) is 10.5. The van der Waals surface area contributed by atoms with Gasteiger partial charge in [-0.15, -0.1) is 11.3 Å². The maximum Gasteiger partial charge on any atom is 0.148 e. The quantitative estimate of drug-likeness (QED) is 0.840. The Morgan fingerprint density at radius 2 is 2.18 bits per heavy atom. The van der Waals surface area contributed by atoms with Crippen molar-refractivity contribution in [2.24, 2.45) is 0 Å². The highest BCUT2D eigenvalue weighted by Gasteiger charge is 2.00. The molecule has 0 aliphatic carbocycles. The molecule has 2 nitrogen and oxygen atoms in total. The minimum Gasteiger partial charge on any atom is -0.396 e. The number of nitrogen functional groups attached to an aromatic ring is 1. The lowest BCUT2D eigenvalue weighted by Crippen LogP contribution is -2.04. The molecular weight excluding hydrogens is 303 g/mol. The molecule has 0 unspecified atom stereocenters. The number of nitrogens with one attached hydrogen (secondary N) is 1. The van der Waals surface area contributed by atoms with Crippen molar-refractivity contribution in [2.75, 3.05) is 17.6 Å². The van der Waals surface area contributed by atoms with E-state index in [0.29, 0.717) is 0 Å². The minimum absolute atomic E-state index is 0.178. The Labute approximate surface area is 112 Å². The van der Waals surface area contributed by atoms with Crippen LogP contribution in [-0.2, 0) is 6.42 Å². The van der Waals surface area contributed by atoms with Crippen LogP contribution in [-0.4, -0.2) is 6.54 Å². The lowest BCUT2D eigenvalue weighted by Gasteiger charge is -2.06. The van der Waals surface area contributed by atoms with Gasteiger partial charge in [-0.05, 0) is 46.6 Å². The van der Waals surface area contributed by atoms with E-state index >= 15 is 0 Å². The molecule has 0 radical (unpaired) electrons. The number of anilines is 2. The summed E-state index contributed by atoms with van der Waals surface area (Å²) in [6.45, 7) is 0.774. The summed E-state index contributed by atoms with van der Waals surface area (Å²) in [4.78, 5) is 1.29. The molecule has 0 amide bonds. The maximum absolute atomic E-state index is 13.2. The average Bonchev–Trinajstić information content (AvgIpc) is 2.70. The topological polar surface area (TPSA) is 38.0 Å². The van der Waals surface area contributed by atoms with Gasteiger partial charge in [-0.1, -0.05) is 0 Å². The lowest BCUT2D eigenvalue weighted by molar-refractivity contribution is 0.633. The molecule has 0 atom stereocenters. The molecule has 0 saturated heterocycles. The van der Waals surface area contributed by atoms with Gasteiger partial charge in [0, 0.05) is 27.0 Å². The standard InChI is InChI=1S/C12H12BrFN2S/c13-8-5-10(17-7-8)3-4-16-9-1-2-12(15)11(14)6-9/h1-2,5-7,16H,3-4,15H2. The molecule has 0 spiro atoms. The van der Waals surface area contributed by atoms with E-state index in [1.807, 2.05) is 0 Å². The summed E-state index contributed by atoms with van der Waals surface area (Å²) in [5, 5.41) is 5.22. The van der Waals surface area contributed by atoms with Crippen LogP contribution in [0, 0.1) is 5.82 Å². The zero-order chi connectivity index (χ0) is 12.3. The predicted octanol–water partition coefficient (Wildman–Crippen LogP) is 3.89. The van der Waals surface area contributed by atoms with Crippen LogP contribution in [0.2, 0.25) is 0 Å². The highest BCUT2D eigenvalue weighted by Crippen LogP contribution is 2.20. The van der Waals surface area contributed by atoms with E-state index in [9.17, 15) is 4.39 Å². The summed E-state index contributed by atoms with van der Waals surface area (Å²) in [5.74, 6) is -0.381. The second-order valence-corrected chi connectivity index (χ2v) is 5.56. The second kappa shape index (κ2) is 5.51. The monoisotopic (exact) mass is 314 g/mol. The van der Waals surface area contributed by atoms with Crippen molar-refractivity contribution in [3.63, 3.8) is 0 Å². The zero-order valence-corrected chi connectivity index (χ0v) is 11.4. The Hall–Kier alpha value is -1.07. The van der Waals surface area contributed by atoms with Gasteiger partial charge in [0.15, 0.2) is 0 Å². The van der Waals surface area contributed by atoms with Crippen LogP contribution in [0.5, 0.6) is 0 Å². The fourth-order valence-electron chi connectivity index (χ4n) is 1.45. The SMILES string of the molecule is Nc1ccc(NCCc2cc(Br)cs2)cc1F. The van der Waals surface area contributed by atoms with E-state index in [2.05, 4.69) is 32.7 Å². The first-order valence-corrected chi connectivity index (χ1v) is 6.84. The van der Waals surface area contributed by atoms with Gasteiger partial charge >= 0.3 is 0 Å². The van der Waals surface area contributed by atoms with Crippen LogP contribution in [0.3, 0.4) is 0 Å². The molecule has 2 rings (SSSR count). The maximum atomic E-state index is 13.2. The molecule has 90 valence electrons. The van der Waals surface area contributed by atoms with Crippen LogP contribution < -0.4 is 11.1 Å². The van der Waals surface area contributed by atoms with E-state index in [0.717, 1.165) is 23.1 Å². The molecule has 17 heavy (non-hydrogen) atoms. The number of hydrogen-bond donors (Lipinski definition) is 2. The first-order chi connectivity index (χ1) is 8.15. The molecule has 3 N–H and O–H groups in total. The fourth-order valence-corrected chi connectivity index (χ4v) is 2.91. The molecule has 0 aliphatic rings. The van der Waals surface area contributed by atoms with Crippen molar-refractivity contribution < 1.29 is 4.39 Å². The first kappa shape index (κ1) is 12.4. The van der Waals surface area contributed by atoms with Gasteiger partial charge < -0.3 is 11.1 Å². The van der Waals surface area contributed by atoms with Crippen LogP contribution in [0.15, 0.2) is 34.1 Å². The Morgan fingerprint density at radius 3 is 2.82 bits per heavy atom. The van der Waals surface area contributed by atoms with Crippen molar-refractivity contribution in [1.29, 1.82) is 0 Å². The predicted molar refractivity (Wildman–Crippen MR) is 75.0 cm³/mol. The van der Waals surface area contributed by atoms with Crippen molar-refractivity contribution in [3.05, 3.63) is 44.8 Å². The van der Waals surface area contributed by atoms with Crippen LogP contribution in [0.1, 0.15) is 4.88 Å². The summed E-state index contributed by atoms with van der Waals surface area (Å²) < 4.78 is 14.3. The number of rotatable bonds is 4. The molecule has 0 aliphatic heterocycles. The van der Waals surface area contributed by atoms with Crippen LogP contribution in [0.25, 0.3) is 0 Å².